The summed E-state index contributed by atoms with van der Waals surface area (Å²) >= 11 is 0. The molecule has 3 heterocycles. The molecule has 0 saturated carbocycles. The maximum atomic E-state index is 12.8. The van der Waals surface area contributed by atoms with Gasteiger partial charge in [0.25, 0.3) is 11.5 Å². The number of carbonyl (C=O) groups is 1. The summed E-state index contributed by atoms with van der Waals surface area (Å²) in [4.78, 5) is 34.0. The number of benzene rings is 1. The van der Waals surface area contributed by atoms with Gasteiger partial charge in [0, 0.05) is 19.3 Å². The molecule has 1 aliphatic heterocycles. The molecule has 2 aromatic heterocycles. The lowest BCUT2D eigenvalue weighted by Crippen LogP contribution is -2.40. The van der Waals surface area contributed by atoms with Gasteiger partial charge in [-0.15, -0.1) is 0 Å². The molecule has 1 N–H and O–H groups in total. The van der Waals surface area contributed by atoms with Crippen LogP contribution in [-0.4, -0.2) is 33.9 Å². The van der Waals surface area contributed by atoms with Gasteiger partial charge in [-0.3, -0.25) is 14.6 Å². The van der Waals surface area contributed by atoms with Gasteiger partial charge in [0.2, 0.25) is 0 Å². The molecule has 1 fully saturated rings. The molecular formula is C22H21N3O2. The van der Waals surface area contributed by atoms with Gasteiger partial charge in [-0.05, 0) is 48.6 Å². The fourth-order valence-electron chi connectivity index (χ4n) is 3.63. The number of rotatable bonds is 3. The summed E-state index contributed by atoms with van der Waals surface area (Å²) < 4.78 is 0. The normalized spacial score (nSPS) is 14.9. The molecular weight excluding hydrogens is 338 g/mol. The van der Waals surface area contributed by atoms with Crippen LogP contribution in [0.3, 0.4) is 0 Å². The van der Waals surface area contributed by atoms with Gasteiger partial charge in [0.15, 0.2) is 0 Å². The first-order chi connectivity index (χ1) is 13.2. The van der Waals surface area contributed by atoms with E-state index in [4.69, 9.17) is 0 Å². The highest BCUT2D eigenvalue weighted by atomic mass is 16.2. The van der Waals surface area contributed by atoms with Crippen molar-refractivity contribution < 1.29 is 4.79 Å². The molecule has 0 spiro atoms. The lowest BCUT2D eigenvalue weighted by atomic mass is 9.89. The van der Waals surface area contributed by atoms with Crippen LogP contribution in [0.25, 0.3) is 11.4 Å². The van der Waals surface area contributed by atoms with E-state index in [0.29, 0.717) is 30.4 Å². The SMILES string of the molecule is O=C(c1ccc(-c2ccccn2)[nH]c1=O)N1CCC(c2ccccc2)CC1. The quantitative estimate of drug-likeness (QED) is 0.779. The molecule has 5 heteroatoms. The predicted octanol–water partition coefficient (Wildman–Crippen LogP) is 3.46. The predicted molar refractivity (Wildman–Crippen MR) is 105 cm³/mol. The topological polar surface area (TPSA) is 66.1 Å². The summed E-state index contributed by atoms with van der Waals surface area (Å²) in [6.45, 7) is 1.33. The Bertz CT molecular complexity index is 975. The number of likely N-dealkylation sites (tertiary alicyclic amines) is 1. The summed E-state index contributed by atoms with van der Waals surface area (Å²) in [7, 11) is 0. The Kier molecular flexibility index (Phi) is 4.83. The molecule has 0 radical (unpaired) electrons. The zero-order valence-electron chi connectivity index (χ0n) is 15.0. The molecule has 1 amide bonds. The van der Waals surface area contributed by atoms with Gasteiger partial charge in [0.1, 0.15) is 5.56 Å². The number of hydrogen-bond donors (Lipinski definition) is 1. The third kappa shape index (κ3) is 3.67. The summed E-state index contributed by atoms with van der Waals surface area (Å²) in [6, 6.07) is 19.2. The standard InChI is InChI=1S/C22H21N3O2/c26-21-18(9-10-20(24-21)19-8-4-5-13-23-19)22(27)25-14-11-17(12-15-25)16-6-2-1-3-7-16/h1-10,13,17H,11-12,14-15H2,(H,24,26). The number of pyridine rings is 2. The highest BCUT2D eigenvalue weighted by molar-refractivity contribution is 5.94. The maximum Gasteiger partial charge on any atom is 0.261 e. The van der Waals surface area contributed by atoms with E-state index in [9.17, 15) is 9.59 Å². The van der Waals surface area contributed by atoms with E-state index >= 15 is 0 Å². The Morgan fingerprint density at radius 1 is 0.963 bits per heavy atom. The van der Waals surface area contributed by atoms with Crippen molar-refractivity contribution in [1.29, 1.82) is 0 Å². The number of hydrogen-bond acceptors (Lipinski definition) is 3. The number of H-pyrrole nitrogens is 1. The number of nitrogens with zero attached hydrogens (tertiary/aromatic N) is 2. The van der Waals surface area contributed by atoms with Crippen LogP contribution in [0.4, 0.5) is 0 Å². The number of amides is 1. The summed E-state index contributed by atoms with van der Waals surface area (Å²) in [5, 5.41) is 0. The van der Waals surface area contributed by atoms with E-state index in [1.807, 2.05) is 24.3 Å². The monoisotopic (exact) mass is 359 g/mol. The molecule has 1 aliphatic rings. The van der Waals surface area contributed by atoms with Crippen molar-refractivity contribution in [1.82, 2.24) is 14.9 Å². The average molecular weight is 359 g/mol. The molecule has 27 heavy (non-hydrogen) atoms. The highest BCUT2D eigenvalue weighted by Crippen LogP contribution is 2.28. The number of aromatic amines is 1. The first-order valence-electron chi connectivity index (χ1n) is 9.21. The largest absolute Gasteiger partial charge is 0.338 e. The van der Waals surface area contributed by atoms with Gasteiger partial charge in [-0.1, -0.05) is 36.4 Å². The van der Waals surface area contributed by atoms with E-state index in [1.165, 1.54) is 5.56 Å². The van der Waals surface area contributed by atoms with Crippen LogP contribution in [-0.2, 0) is 0 Å². The summed E-state index contributed by atoms with van der Waals surface area (Å²) in [5.74, 6) is 0.274. The van der Waals surface area contributed by atoms with Gasteiger partial charge in [-0.25, -0.2) is 0 Å². The second-order valence-electron chi connectivity index (χ2n) is 6.81. The van der Waals surface area contributed by atoms with Gasteiger partial charge in [-0.2, -0.15) is 0 Å². The summed E-state index contributed by atoms with van der Waals surface area (Å²) in [6.07, 6.45) is 3.50. The van der Waals surface area contributed by atoms with Crippen LogP contribution in [0.15, 0.2) is 71.7 Å². The number of aromatic nitrogens is 2. The van der Waals surface area contributed by atoms with E-state index in [1.54, 1.807) is 23.2 Å². The van der Waals surface area contributed by atoms with Crippen LogP contribution in [0.1, 0.15) is 34.7 Å². The summed E-state index contributed by atoms with van der Waals surface area (Å²) in [5.41, 5.74) is 2.43. The Morgan fingerprint density at radius 2 is 1.70 bits per heavy atom. The first kappa shape index (κ1) is 17.2. The molecule has 0 atom stereocenters. The maximum absolute atomic E-state index is 12.8. The van der Waals surface area contributed by atoms with Crippen molar-refractivity contribution in [3.63, 3.8) is 0 Å². The molecule has 3 aromatic rings. The molecule has 136 valence electrons. The lowest BCUT2D eigenvalue weighted by molar-refractivity contribution is 0.0711. The van der Waals surface area contributed by atoms with Crippen molar-refractivity contribution in [3.8, 4) is 11.4 Å². The average Bonchev–Trinajstić information content (AvgIpc) is 2.74. The number of nitrogens with one attached hydrogen (secondary N) is 1. The smallest absolute Gasteiger partial charge is 0.261 e. The minimum Gasteiger partial charge on any atom is -0.338 e. The lowest BCUT2D eigenvalue weighted by Gasteiger charge is -2.32. The van der Waals surface area contributed by atoms with Crippen LogP contribution in [0, 0.1) is 0 Å². The van der Waals surface area contributed by atoms with Crippen LogP contribution >= 0.6 is 0 Å². The van der Waals surface area contributed by atoms with Gasteiger partial charge in [0.05, 0.1) is 11.4 Å². The zero-order chi connectivity index (χ0) is 18.6. The number of carbonyl (C=O) groups excluding carboxylic acids is 1. The molecule has 0 bridgehead atoms. The van der Waals surface area contributed by atoms with Crippen molar-refractivity contribution in [2.45, 2.75) is 18.8 Å². The minimum atomic E-state index is -0.367. The number of piperidine rings is 1. The molecule has 0 unspecified atom stereocenters. The molecule has 1 saturated heterocycles. The van der Waals surface area contributed by atoms with Crippen molar-refractivity contribution >= 4 is 5.91 Å². The van der Waals surface area contributed by atoms with E-state index in [2.05, 4.69) is 34.2 Å². The first-order valence-corrected chi connectivity index (χ1v) is 9.21. The molecule has 1 aromatic carbocycles. The Hall–Kier alpha value is -3.21. The van der Waals surface area contributed by atoms with E-state index < -0.39 is 0 Å². The second kappa shape index (κ2) is 7.58. The van der Waals surface area contributed by atoms with Gasteiger partial charge >= 0.3 is 0 Å². The second-order valence-corrected chi connectivity index (χ2v) is 6.81. The Balaban J connectivity index is 1.47. The van der Waals surface area contributed by atoms with Crippen molar-refractivity contribution in [2.24, 2.45) is 0 Å². The van der Waals surface area contributed by atoms with E-state index in [0.717, 1.165) is 12.8 Å². The van der Waals surface area contributed by atoms with Crippen molar-refractivity contribution in [3.05, 3.63) is 88.3 Å². The van der Waals surface area contributed by atoms with Crippen LogP contribution < -0.4 is 5.56 Å². The van der Waals surface area contributed by atoms with Crippen LogP contribution in [0.2, 0.25) is 0 Å². The zero-order valence-corrected chi connectivity index (χ0v) is 15.0. The third-order valence-electron chi connectivity index (χ3n) is 5.13. The van der Waals surface area contributed by atoms with Crippen molar-refractivity contribution in [2.75, 3.05) is 13.1 Å². The minimum absolute atomic E-state index is 0.188. The molecule has 4 rings (SSSR count). The highest BCUT2D eigenvalue weighted by Gasteiger charge is 2.25. The fourth-order valence-corrected chi connectivity index (χ4v) is 3.63. The third-order valence-corrected chi connectivity index (χ3v) is 5.13. The molecule has 5 nitrogen and oxygen atoms in total. The van der Waals surface area contributed by atoms with Gasteiger partial charge < -0.3 is 9.88 Å². The fraction of sp³-hybridized carbons (Fsp3) is 0.227. The van der Waals surface area contributed by atoms with E-state index in [-0.39, 0.29) is 17.0 Å². The molecule has 0 aliphatic carbocycles. The Morgan fingerprint density at radius 3 is 2.37 bits per heavy atom. The Labute approximate surface area is 157 Å². The van der Waals surface area contributed by atoms with Crippen LogP contribution in [0.5, 0.6) is 0 Å².